The maximum atomic E-state index is 6.28. The molecule has 180 valence electrons. The summed E-state index contributed by atoms with van der Waals surface area (Å²) in [6, 6.07) is 16.9. The van der Waals surface area contributed by atoms with Crippen LogP contribution >= 0.6 is 20.7 Å². The number of benzene rings is 2. The molecule has 0 aromatic heterocycles. The van der Waals surface area contributed by atoms with Gasteiger partial charge in [-0.25, -0.2) is 9.98 Å². The third-order valence-electron chi connectivity index (χ3n) is 6.87. The lowest BCUT2D eigenvalue weighted by molar-refractivity contribution is 0.252. The second-order valence-electron chi connectivity index (χ2n) is 10.4. The SMILES string of the molecule is CC(C)C1=CC(C(C)CCC2(C)COC(C(=Nc3[c]([AlH2])ccc[c]3[AlH2])c3ccccc3)=N2)=CI=C1. The molecule has 3 nitrogen and oxygen atoms in total. The van der Waals surface area contributed by atoms with Gasteiger partial charge in [-0.2, -0.15) is 0 Å². The molecule has 2 aliphatic rings. The summed E-state index contributed by atoms with van der Waals surface area (Å²) >= 11 is 1.98. The van der Waals surface area contributed by atoms with Crippen LogP contribution in [0.3, 0.4) is 0 Å². The number of ether oxygens (including phenoxy) is 1. The maximum absolute atomic E-state index is 6.28. The Hall–Kier alpha value is -1.28. The van der Waals surface area contributed by atoms with Gasteiger partial charge >= 0.3 is 0 Å². The number of para-hydroxylation sites is 1. The van der Waals surface area contributed by atoms with Gasteiger partial charge < -0.3 is 4.74 Å². The van der Waals surface area contributed by atoms with Crippen LogP contribution in [0.5, 0.6) is 0 Å². The van der Waals surface area contributed by atoms with E-state index in [1.54, 1.807) is 0 Å². The quantitative estimate of drug-likeness (QED) is 0.252. The molecule has 0 N–H and O–H groups in total. The molecule has 0 aliphatic carbocycles. The van der Waals surface area contributed by atoms with Crippen LogP contribution < -0.4 is 8.85 Å². The van der Waals surface area contributed by atoms with E-state index in [2.05, 4.69) is 84.3 Å². The number of hydrogen-bond donors (Lipinski definition) is 0. The van der Waals surface area contributed by atoms with E-state index >= 15 is 0 Å². The molecule has 0 bridgehead atoms. The molecule has 0 saturated carbocycles. The van der Waals surface area contributed by atoms with Gasteiger partial charge in [0.05, 0.1) is 5.54 Å². The Morgan fingerprint density at radius 3 is 2.46 bits per heavy atom. The Morgan fingerprint density at radius 1 is 1.06 bits per heavy atom. The van der Waals surface area contributed by atoms with E-state index in [1.807, 2.05) is 6.07 Å². The third-order valence-corrected chi connectivity index (χ3v) is 10.6. The first-order valence-electron chi connectivity index (χ1n) is 12.6. The summed E-state index contributed by atoms with van der Waals surface area (Å²) in [5.41, 5.74) is 5.86. The van der Waals surface area contributed by atoms with Crippen molar-refractivity contribution in [1.29, 1.82) is 0 Å². The average Bonchev–Trinajstić information content (AvgIpc) is 3.25. The lowest BCUT2D eigenvalue weighted by atomic mass is 9.88. The summed E-state index contributed by atoms with van der Waals surface area (Å²) in [6.07, 6.45) is 4.55. The van der Waals surface area contributed by atoms with Crippen molar-refractivity contribution in [2.24, 2.45) is 21.8 Å². The van der Waals surface area contributed by atoms with Crippen molar-refractivity contribution in [1.82, 2.24) is 0 Å². The van der Waals surface area contributed by atoms with Crippen molar-refractivity contribution in [3.63, 3.8) is 0 Å². The van der Waals surface area contributed by atoms with E-state index in [1.165, 1.54) is 20.0 Å². The summed E-state index contributed by atoms with van der Waals surface area (Å²) in [5.74, 6) is 1.84. The molecular weight excluding hydrogens is 573 g/mol. The van der Waals surface area contributed by atoms with E-state index in [0.717, 1.165) is 62.4 Å². The summed E-state index contributed by atoms with van der Waals surface area (Å²) in [7, 11) is 0. The average molecular weight is 608 g/mol. The van der Waals surface area contributed by atoms with Crippen LogP contribution in [-0.4, -0.2) is 60.3 Å². The van der Waals surface area contributed by atoms with Crippen LogP contribution in [0, 0.1) is 11.8 Å². The molecular formula is C29H35Al2IN2O. The zero-order valence-electron chi connectivity index (χ0n) is 21.8. The Morgan fingerprint density at radius 2 is 1.77 bits per heavy atom. The summed E-state index contributed by atoms with van der Waals surface area (Å²) in [5, 5.41) is 0. The highest BCUT2D eigenvalue weighted by Gasteiger charge is 2.34. The Bertz CT molecular complexity index is 1210. The summed E-state index contributed by atoms with van der Waals surface area (Å²) in [6.45, 7) is 9.80. The fourth-order valence-corrected chi connectivity index (χ4v) is 8.98. The number of hydrogen-bond acceptors (Lipinski definition) is 3. The fourth-order valence-electron chi connectivity index (χ4n) is 4.38. The first kappa shape index (κ1) is 26.8. The van der Waals surface area contributed by atoms with Gasteiger partial charge in [0.1, 0.15) is 12.3 Å². The second-order valence-corrected chi connectivity index (χ2v) is 14.5. The van der Waals surface area contributed by atoms with Crippen LogP contribution in [0.25, 0.3) is 0 Å². The molecule has 2 aromatic carbocycles. The van der Waals surface area contributed by atoms with Gasteiger partial charge in [0.15, 0.2) is 0 Å². The molecule has 2 heterocycles. The zero-order chi connectivity index (χ0) is 25.0. The zero-order valence-corrected chi connectivity index (χ0v) is 28.0. The van der Waals surface area contributed by atoms with Gasteiger partial charge in [-0.05, 0) is 50.8 Å². The molecule has 2 aromatic rings. The van der Waals surface area contributed by atoms with Crippen LogP contribution in [0.2, 0.25) is 0 Å². The largest absolute Gasteiger partial charge is 0.474 e. The highest BCUT2D eigenvalue weighted by molar-refractivity contribution is 14.2. The third kappa shape index (κ3) is 6.74. The van der Waals surface area contributed by atoms with Gasteiger partial charge in [0.2, 0.25) is 5.90 Å². The Kier molecular flexibility index (Phi) is 9.06. The normalized spacial score (nSPS) is 21.1. The van der Waals surface area contributed by atoms with Crippen LogP contribution in [0.1, 0.15) is 46.1 Å². The van der Waals surface area contributed by atoms with Crippen molar-refractivity contribution >= 4 is 83.5 Å². The number of aliphatic imine (C=N–C) groups is 2. The predicted molar refractivity (Wildman–Crippen MR) is 167 cm³/mol. The van der Waals surface area contributed by atoms with Crippen molar-refractivity contribution in [3.05, 3.63) is 75.4 Å². The maximum Gasteiger partial charge on any atom is 0.262 e. The van der Waals surface area contributed by atoms with Gasteiger partial charge in [-0.15, -0.1) is 0 Å². The van der Waals surface area contributed by atoms with Crippen molar-refractivity contribution in [2.45, 2.75) is 46.1 Å². The Labute approximate surface area is 236 Å². The molecule has 2 unspecified atom stereocenters. The van der Waals surface area contributed by atoms with Crippen LogP contribution in [0.15, 0.2) is 79.8 Å². The molecule has 2 atom stereocenters. The minimum Gasteiger partial charge on any atom is -0.474 e. The highest BCUT2D eigenvalue weighted by Crippen LogP contribution is 2.32. The molecule has 6 heteroatoms. The number of rotatable bonds is 8. The smallest absolute Gasteiger partial charge is 0.262 e. The molecule has 0 fully saturated rings. The van der Waals surface area contributed by atoms with Gasteiger partial charge in [-0.1, -0.05) is 105 Å². The van der Waals surface area contributed by atoms with Crippen molar-refractivity contribution in [3.8, 4) is 0 Å². The van der Waals surface area contributed by atoms with Gasteiger partial charge in [0.25, 0.3) is 32.6 Å². The minimum absolute atomic E-state index is 0.0411. The molecule has 35 heavy (non-hydrogen) atoms. The van der Waals surface area contributed by atoms with Gasteiger partial charge in [-0.3, -0.25) is 0 Å². The summed E-state index contributed by atoms with van der Waals surface area (Å²) < 4.78 is 13.9. The topological polar surface area (TPSA) is 34.0 Å². The molecule has 4 rings (SSSR count). The standard InChI is InChI=1S/C29H31IN2O.2Al.4H/c1-21(2)24-17-25(19-30-18-24)22(3)15-16-29(4)20-33-28(32-29)27(23-11-7-5-8-12-23)31-26-13-9-6-10-14-26;;;;;;/h5-12,17-19,21-22H,15-16,20H2,1-4H3;;;;;;. The minimum atomic E-state index is -0.218. The van der Waals surface area contributed by atoms with Crippen LogP contribution in [-0.2, 0) is 4.74 Å². The van der Waals surface area contributed by atoms with Crippen molar-refractivity contribution < 1.29 is 4.74 Å². The van der Waals surface area contributed by atoms with E-state index in [-0.39, 0.29) is 26.3 Å². The van der Waals surface area contributed by atoms with E-state index in [4.69, 9.17) is 14.7 Å². The first-order chi connectivity index (χ1) is 16.8. The molecule has 0 saturated heterocycles. The van der Waals surface area contributed by atoms with Crippen molar-refractivity contribution in [2.75, 3.05) is 6.61 Å². The Balaban J connectivity index is 1.57. The lowest BCUT2D eigenvalue weighted by Gasteiger charge is -2.22. The monoisotopic (exact) mass is 608 g/mol. The predicted octanol–water partition coefficient (Wildman–Crippen LogP) is 4.18. The van der Waals surface area contributed by atoms with Crippen LogP contribution in [0.4, 0.5) is 5.69 Å². The molecule has 0 spiro atoms. The number of nitrogens with zero attached hydrogens (tertiary/aromatic N) is 2. The highest BCUT2D eigenvalue weighted by atomic mass is 127. The first-order valence-corrected chi connectivity index (χ1v) is 17.0. The van der Waals surface area contributed by atoms with E-state index < -0.39 is 0 Å². The summed E-state index contributed by atoms with van der Waals surface area (Å²) in [4.78, 5) is 10.3. The molecule has 0 amide bonds. The number of allylic oxidation sites excluding steroid dienone is 3. The number of halogens is 1. The fraction of sp³-hybridized carbons (Fsp3) is 0.345. The molecule has 0 radical (unpaired) electrons. The molecule has 2 aliphatic heterocycles. The van der Waals surface area contributed by atoms with E-state index in [0.29, 0.717) is 24.3 Å². The van der Waals surface area contributed by atoms with E-state index in [9.17, 15) is 0 Å². The van der Waals surface area contributed by atoms with Gasteiger partial charge in [0, 0.05) is 11.3 Å². The second kappa shape index (κ2) is 11.8. The lowest BCUT2D eigenvalue weighted by Crippen LogP contribution is -2.24.